The van der Waals surface area contributed by atoms with Crippen LogP contribution in [0.1, 0.15) is 18.4 Å². The fraction of sp³-hybridized carbons (Fsp3) is 0.391. The van der Waals surface area contributed by atoms with E-state index in [2.05, 4.69) is 4.90 Å². The van der Waals surface area contributed by atoms with E-state index in [0.717, 1.165) is 26.7 Å². The van der Waals surface area contributed by atoms with Crippen molar-refractivity contribution in [1.29, 1.82) is 0 Å². The summed E-state index contributed by atoms with van der Waals surface area (Å²) in [5.41, 5.74) is 1.29. The summed E-state index contributed by atoms with van der Waals surface area (Å²) in [5, 5.41) is 0.936. The summed E-state index contributed by atoms with van der Waals surface area (Å²) in [5.74, 6) is 0.649. The van der Waals surface area contributed by atoms with Gasteiger partial charge in [0.25, 0.3) is 0 Å². The Kier molecular flexibility index (Phi) is 5.08. The predicted octanol–water partition coefficient (Wildman–Crippen LogP) is 3.79. The molecule has 1 aromatic heterocycles. The molecule has 30 heavy (non-hydrogen) atoms. The summed E-state index contributed by atoms with van der Waals surface area (Å²) in [4.78, 5) is 20.2. The number of esters is 1. The molecule has 0 amide bonds. The smallest absolute Gasteiger partial charge is 0.317 e. The molecule has 2 aliphatic rings. The van der Waals surface area contributed by atoms with Gasteiger partial charge in [-0.1, -0.05) is 47.7 Å². The largest absolute Gasteiger partial charge is 0.494 e. The van der Waals surface area contributed by atoms with E-state index >= 15 is 0 Å². The van der Waals surface area contributed by atoms with Crippen LogP contribution in [0.3, 0.4) is 0 Å². The Morgan fingerprint density at radius 1 is 1.13 bits per heavy atom. The Hall–Kier alpha value is -2.64. The number of methoxy groups -OCH3 is 1. The highest BCUT2D eigenvalue weighted by molar-refractivity contribution is 7.22. The van der Waals surface area contributed by atoms with E-state index in [1.165, 1.54) is 0 Å². The molecular weight excluding hydrogens is 400 g/mol. The Labute approximate surface area is 179 Å². The van der Waals surface area contributed by atoms with Crippen LogP contribution >= 0.6 is 11.3 Å². The van der Waals surface area contributed by atoms with Crippen LogP contribution in [0.2, 0.25) is 0 Å². The Morgan fingerprint density at radius 2 is 1.90 bits per heavy atom. The van der Waals surface area contributed by atoms with Crippen molar-refractivity contribution >= 4 is 32.7 Å². The fourth-order valence-corrected chi connectivity index (χ4v) is 5.23. The second-order valence-corrected chi connectivity index (χ2v) is 8.81. The molecule has 0 radical (unpaired) electrons. The van der Waals surface area contributed by atoms with Gasteiger partial charge in [0.05, 0.1) is 30.3 Å². The molecule has 7 heteroatoms. The van der Waals surface area contributed by atoms with Crippen LogP contribution in [0.4, 0.5) is 5.13 Å². The molecule has 3 heterocycles. The van der Waals surface area contributed by atoms with Crippen LogP contribution in [0, 0.1) is 0 Å². The lowest BCUT2D eigenvalue weighted by Gasteiger charge is -2.42. The summed E-state index contributed by atoms with van der Waals surface area (Å²) in [6.45, 7) is 2.48. The van der Waals surface area contributed by atoms with Gasteiger partial charge >= 0.3 is 5.97 Å². The third-order valence-electron chi connectivity index (χ3n) is 6.05. The first-order valence-electron chi connectivity index (χ1n) is 10.2. The number of anilines is 1. The average molecular weight is 425 g/mol. The highest BCUT2D eigenvalue weighted by Gasteiger charge is 2.45. The van der Waals surface area contributed by atoms with E-state index in [4.69, 9.17) is 19.2 Å². The van der Waals surface area contributed by atoms with Crippen molar-refractivity contribution in [2.75, 3.05) is 38.3 Å². The number of para-hydroxylation sites is 1. The second-order valence-electron chi connectivity index (χ2n) is 7.80. The van der Waals surface area contributed by atoms with E-state index in [1.807, 2.05) is 48.5 Å². The standard InChI is InChI=1S/C23H24N2O4S/c1-27-18-8-5-9-19-20(18)24-22(30-19)25-14-17(15-25)29-21(26)23(10-12-28-13-11-23)16-6-3-2-4-7-16/h2-9,17H,10-15H2,1H3. The number of hydrogen-bond acceptors (Lipinski definition) is 7. The van der Waals surface area contributed by atoms with E-state index in [-0.39, 0.29) is 12.1 Å². The molecule has 2 fully saturated rings. The van der Waals surface area contributed by atoms with E-state index in [9.17, 15) is 4.79 Å². The van der Waals surface area contributed by atoms with Gasteiger partial charge in [-0.15, -0.1) is 0 Å². The molecular formula is C23H24N2O4S. The zero-order chi connectivity index (χ0) is 20.6. The minimum atomic E-state index is -0.608. The molecule has 0 saturated carbocycles. The van der Waals surface area contributed by atoms with Crippen LogP contribution in [0.5, 0.6) is 5.75 Å². The van der Waals surface area contributed by atoms with Crippen molar-refractivity contribution in [3.05, 3.63) is 54.1 Å². The maximum atomic E-state index is 13.3. The van der Waals surface area contributed by atoms with Crippen LogP contribution in [0.25, 0.3) is 10.2 Å². The first-order chi connectivity index (χ1) is 14.7. The van der Waals surface area contributed by atoms with Gasteiger partial charge < -0.3 is 19.1 Å². The molecule has 0 unspecified atom stereocenters. The van der Waals surface area contributed by atoms with Crippen LogP contribution in [-0.4, -0.2) is 50.5 Å². The zero-order valence-corrected chi connectivity index (χ0v) is 17.7. The maximum Gasteiger partial charge on any atom is 0.317 e. The Balaban J connectivity index is 1.28. The maximum absolute atomic E-state index is 13.3. The van der Waals surface area contributed by atoms with Gasteiger partial charge in [-0.2, -0.15) is 0 Å². The summed E-state index contributed by atoms with van der Waals surface area (Å²) in [7, 11) is 1.66. The van der Waals surface area contributed by atoms with Crippen molar-refractivity contribution in [2.24, 2.45) is 0 Å². The van der Waals surface area contributed by atoms with Crippen molar-refractivity contribution < 1.29 is 19.0 Å². The molecule has 2 saturated heterocycles. The topological polar surface area (TPSA) is 60.9 Å². The second kappa shape index (κ2) is 7.89. The quantitative estimate of drug-likeness (QED) is 0.581. The first kappa shape index (κ1) is 19.3. The first-order valence-corrected chi connectivity index (χ1v) is 11.0. The van der Waals surface area contributed by atoms with Gasteiger partial charge in [0, 0.05) is 13.2 Å². The van der Waals surface area contributed by atoms with Gasteiger partial charge in [0.15, 0.2) is 5.13 Å². The van der Waals surface area contributed by atoms with E-state index in [1.54, 1.807) is 18.4 Å². The van der Waals surface area contributed by atoms with Crippen LogP contribution in [-0.2, 0) is 19.7 Å². The number of thiazole rings is 1. The fourth-order valence-electron chi connectivity index (χ4n) is 4.23. The minimum absolute atomic E-state index is 0.116. The van der Waals surface area contributed by atoms with E-state index < -0.39 is 5.41 Å². The number of hydrogen-bond donors (Lipinski definition) is 0. The lowest BCUT2D eigenvalue weighted by atomic mass is 9.74. The molecule has 2 aromatic carbocycles. The molecule has 0 spiro atoms. The van der Waals surface area contributed by atoms with Crippen LogP contribution < -0.4 is 9.64 Å². The normalized spacial score (nSPS) is 18.8. The highest BCUT2D eigenvalue weighted by Crippen LogP contribution is 2.39. The molecule has 5 rings (SSSR count). The molecule has 0 N–H and O–H groups in total. The molecule has 0 atom stereocenters. The van der Waals surface area contributed by atoms with Gasteiger partial charge in [0.1, 0.15) is 17.4 Å². The number of fused-ring (bicyclic) bond motifs is 1. The summed E-state index contributed by atoms with van der Waals surface area (Å²) in [6.07, 6.45) is 1.20. The number of aromatic nitrogens is 1. The van der Waals surface area contributed by atoms with Crippen molar-refractivity contribution in [1.82, 2.24) is 4.98 Å². The number of ether oxygens (including phenoxy) is 3. The van der Waals surface area contributed by atoms with Gasteiger partial charge in [0.2, 0.25) is 0 Å². The van der Waals surface area contributed by atoms with Gasteiger partial charge in [-0.3, -0.25) is 4.79 Å². The van der Waals surface area contributed by atoms with Gasteiger partial charge in [-0.25, -0.2) is 4.98 Å². The SMILES string of the molecule is COc1cccc2sc(N3CC(OC(=O)C4(c5ccccc5)CCOCC4)C3)nc12. The Bertz CT molecular complexity index is 1040. The lowest BCUT2D eigenvalue weighted by molar-refractivity contribution is -0.161. The number of carbonyl (C=O) groups is 1. The van der Waals surface area contributed by atoms with Crippen molar-refractivity contribution in [2.45, 2.75) is 24.4 Å². The third kappa shape index (κ3) is 3.32. The summed E-state index contributed by atoms with van der Waals surface area (Å²) < 4.78 is 18.0. The highest BCUT2D eigenvalue weighted by atomic mass is 32.1. The molecule has 6 nitrogen and oxygen atoms in total. The van der Waals surface area contributed by atoms with Crippen molar-refractivity contribution in [3.63, 3.8) is 0 Å². The van der Waals surface area contributed by atoms with E-state index in [0.29, 0.717) is 39.1 Å². The van der Waals surface area contributed by atoms with Gasteiger partial charge in [-0.05, 0) is 30.5 Å². The molecule has 3 aromatic rings. The summed E-state index contributed by atoms with van der Waals surface area (Å²) >= 11 is 1.63. The Morgan fingerprint density at radius 3 is 2.63 bits per heavy atom. The monoisotopic (exact) mass is 424 g/mol. The van der Waals surface area contributed by atoms with Crippen LogP contribution in [0.15, 0.2) is 48.5 Å². The van der Waals surface area contributed by atoms with Crippen molar-refractivity contribution in [3.8, 4) is 5.75 Å². The molecule has 2 aliphatic heterocycles. The third-order valence-corrected chi connectivity index (χ3v) is 7.13. The lowest BCUT2D eigenvalue weighted by Crippen LogP contribution is -2.55. The zero-order valence-electron chi connectivity index (χ0n) is 16.9. The molecule has 0 aliphatic carbocycles. The minimum Gasteiger partial charge on any atom is -0.494 e. The predicted molar refractivity (Wildman–Crippen MR) is 116 cm³/mol. The number of nitrogens with zero attached hydrogens (tertiary/aromatic N) is 2. The molecule has 0 bridgehead atoms. The summed E-state index contributed by atoms with van der Waals surface area (Å²) in [6, 6.07) is 15.9. The number of carbonyl (C=O) groups excluding carboxylic acids is 1. The molecule has 156 valence electrons. The number of benzene rings is 2. The number of rotatable bonds is 5. The average Bonchev–Trinajstić information content (AvgIpc) is 3.20.